The minimum absolute atomic E-state index is 0.178. The van der Waals surface area contributed by atoms with E-state index in [4.69, 9.17) is 4.74 Å². The Morgan fingerprint density at radius 1 is 1.30 bits per heavy atom. The molecule has 0 radical (unpaired) electrons. The van der Waals surface area contributed by atoms with E-state index in [2.05, 4.69) is 15.3 Å². The number of halogens is 1. The molecule has 6 heteroatoms. The number of hydrogen-bond donors (Lipinski definition) is 2. The highest BCUT2D eigenvalue weighted by Gasteiger charge is 2.13. The number of nitrogens with zero attached hydrogens (tertiary/aromatic N) is 1. The highest BCUT2D eigenvalue weighted by molar-refractivity contribution is 5.96. The zero-order chi connectivity index (χ0) is 16.2. The summed E-state index contributed by atoms with van der Waals surface area (Å²) in [5.74, 6) is 0.274. The first kappa shape index (κ1) is 15.0. The molecule has 0 aliphatic carbocycles. The predicted molar refractivity (Wildman–Crippen MR) is 85.1 cm³/mol. The van der Waals surface area contributed by atoms with Crippen molar-refractivity contribution in [2.24, 2.45) is 0 Å². The average molecular weight is 313 g/mol. The molecular formula is C17H16FN3O2. The van der Waals surface area contributed by atoms with Crippen LogP contribution in [0.1, 0.15) is 16.2 Å². The Bertz CT molecular complexity index is 812. The van der Waals surface area contributed by atoms with Crippen LogP contribution in [0.15, 0.2) is 42.5 Å². The summed E-state index contributed by atoms with van der Waals surface area (Å²) < 4.78 is 18.4. The molecule has 0 aliphatic rings. The van der Waals surface area contributed by atoms with Gasteiger partial charge in [-0.25, -0.2) is 9.37 Å². The lowest BCUT2D eigenvalue weighted by molar-refractivity contribution is 0.0950. The Morgan fingerprint density at radius 3 is 2.91 bits per heavy atom. The van der Waals surface area contributed by atoms with E-state index < -0.39 is 5.82 Å². The quantitative estimate of drug-likeness (QED) is 0.761. The standard InChI is InChI=1S/C17H16FN3O2/c1-23-15-7-6-11(18)10-12(15)17(22)19-9-8-16-20-13-4-2-3-5-14(13)21-16/h2-7,10H,8-9H2,1H3,(H,19,22)(H,20,21). The summed E-state index contributed by atoms with van der Waals surface area (Å²) in [6, 6.07) is 11.6. The summed E-state index contributed by atoms with van der Waals surface area (Å²) in [5.41, 5.74) is 2.03. The first-order chi connectivity index (χ1) is 11.2. The van der Waals surface area contributed by atoms with Crippen LogP contribution in [-0.4, -0.2) is 29.5 Å². The molecule has 0 saturated heterocycles. The molecular weight excluding hydrogens is 297 g/mol. The van der Waals surface area contributed by atoms with Crippen LogP contribution in [0.2, 0.25) is 0 Å². The lowest BCUT2D eigenvalue weighted by atomic mass is 10.2. The fraction of sp³-hybridized carbons (Fsp3) is 0.176. The molecule has 2 aromatic carbocycles. The monoisotopic (exact) mass is 313 g/mol. The van der Waals surface area contributed by atoms with E-state index in [0.29, 0.717) is 18.7 Å². The van der Waals surface area contributed by atoms with Gasteiger partial charge in [-0.2, -0.15) is 0 Å². The van der Waals surface area contributed by atoms with Crippen LogP contribution >= 0.6 is 0 Å². The van der Waals surface area contributed by atoms with Crippen molar-refractivity contribution in [3.8, 4) is 5.75 Å². The Kier molecular flexibility index (Phi) is 4.23. The van der Waals surface area contributed by atoms with Gasteiger partial charge >= 0.3 is 0 Å². The van der Waals surface area contributed by atoms with Crippen LogP contribution in [0.25, 0.3) is 11.0 Å². The zero-order valence-corrected chi connectivity index (χ0v) is 12.6. The number of H-pyrrole nitrogens is 1. The molecule has 118 valence electrons. The molecule has 0 atom stereocenters. The Labute approximate surface area is 132 Å². The normalized spacial score (nSPS) is 10.7. The van der Waals surface area contributed by atoms with Gasteiger partial charge in [0.05, 0.1) is 23.7 Å². The molecule has 2 N–H and O–H groups in total. The van der Waals surface area contributed by atoms with Gasteiger partial charge in [-0.15, -0.1) is 0 Å². The minimum atomic E-state index is -0.478. The lowest BCUT2D eigenvalue weighted by Gasteiger charge is -2.08. The number of hydrogen-bond acceptors (Lipinski definition) is 3. The molecule has 0 spiro atoms. The number of aromatic nitrogens is 2. The van der Waals surface area contributed by atoms with Crippen molar-refractivity contribution in [1.82, 2.24) is 15.3 Å². The molecule has 3 rings (SSSR count). The number of nitrogens with one attached hydrogen (secondary N) is 2. The molecule has 0 unspecified atom stereocenters. The maximum Gasteiger partial charge on any atom is 0.255 e. The number of ether oxygens (including phenoxy) is 1. The van der Waals surface area contributed by atoms with E-state index >= 15 is 0 Å². The summed E-state index contributed by atoms with van der Waals surface area (Å²) in [4.78, 5) is 19.8. The number of carbonyl (C=O) groups is 1. The van der Waals surface area contributed by atoms with Gasteiger partial charge in [0.1, 0.15) is 17.4 Å². The van der Waals surface area contributed by atoms with Crippen molar-refractivity contribution in [2.45, 2.75) is 6.42 Å². The maximum absolute atomic E-state index is 13.3. The Balaban J connectivity index is 1.64. The molecule has 0 saturated carbocycles. The van der Waals surface area contributed by atoms with Crippen LogP contribution in [0.4, 0.5) is 4.39 Å². The number of aromatic amines is 1. The second kappa shape index (κ2) is 6.48. The Hall–Kier alpha value is -2.89. The van der Waals surface area contributed by atoms with Gasteiger partial charge in [-0.1, -0.05) is 12.1 Å². The van der Waals surface area contributed by atoms with Crippen molar-refractivity contribution in [3.05, 3.63) is 59.7 Å². The number of benzene rings is 2. The molecule has 1 aromatic heterocycles. The maximum atomic E-state index is 13.3. The minimum Gasteiger partial charge on any atom is -0.496 e. The first-order valence-electron chi connectivity index (χ1n) is 7.23. The molecule has 1 amide bonds. The van der Waals surface area contributed by atoms with E-state index in [-0.39, 0.29) is 11.5 Å². The van der Waals surface area contributed by atoms with Crippen LogP contribution in [0.3, 0.4) is 0 Å². The number of methoxy groups -OCH3 is 1. The zero-order valence-electron chi connectivity index (χ0n) is 12.6. The van der Waals surface area contributed by atoms with E-state index in [1.165, 1.54) is 19.2 Å². The van der Waals surface area contributed by atoms with E-state index in [0.717, 1.165) is 22.9 Å². The second-order valence-electron chi connectivity index (χ2n) is 5.05. The van der Waals surface area contributed by atoms with Gasteiger partial charge in [0, 0.05) is 13.0 Å². The number of para-hydroxylation sites is 2. The van der Waals surface area contributed by atoms with Crippen molar-refractivity contribution < 1.29 is 13.9 Å². The summed E-state index contributed by atoms with van der Waals surface area (Å²) in [6.45, 7) is 0.387. The molecule has 23 heavy (non-hydrogen) atoms. The van der Waals surface area contributed by atoms with E-state index in [1.54, 1.807) is 0 Å². The largest absolute Gasteiger partial charge is 0.496 e. The Morgan fingerprint density at radius 2 is 2.13 bits per heavy atom. The van der Waals surface area contributed by atoms with Crippen LogP contribution in [0, 0.1) is 5.82 Å². The smallest absolute Gasteiger partial charge is 0.255 e. The molecule has 5 nitrogen and oxygen atoms in total. The van der Waals surface area contributed by atoms with Crippen LogP contribution in [-0.2, 0) is 6.42 Å². The predicted octanol–water partition coefficient (Wildman–Crippen LogP) is 2.68. The van der Waals surface area contributed by atoms with Gasteiger partial charge in [0.25, 0.3) is 5.91 Å². The van der Waals surface area contributed by atoms with Crippen molar-refractivity contribution >= 4 is 16.9 Å². The van der Waals surface area contributed by atoms with Crippen molar-refractivity contribution in [2.75, 3.05) is 13.7 Å². The highest BCUT2D eigenvalue weighted by Crippen LogP contribution is 2.19. The van der Waals surface area contributed by atoms with Crippen molar-refractivity contribution in [1.29, 1.82) is 0 Å². The van der Waals surface area contributed by atoms with Crippen LogP contribution in [0.5, 0.6) is 5.75 Å². The third-order valence-corrected chi connectivity index (χ3v) is 3.49. The first-order valence-corrected chi connectivity index (χ1v) is 7.23. The molecule has 1 heterocycles. The summed E-state index contributed by atoms with van der Waals surface area (Å²) >= 11 is 0. The number of rotatable bonds is 5. The SMILES string of the molecule is COc1ccc(F)cc1C(=O)NCCc1nc2ccccc2[nH]1. The van der Waals surface area contributed by atoms with Gasteiger partial charge in [-0.3, -0.25) is 4.79 Å². The second-order valence-corrected chi connectivity index (χ2v) is 5.05. The number of amides is 1. The third kappa shape index (κ3) is 3.31. The van der Waals surface area contributed by atoms with Gasteiger partial charge in [0.15, 0.2) is 0 Å². The molecule has 0 aliphatic heterocycles. The fourth-order valence-electron chi connectivity index (χ4n) is 2.37. The third-order valence-electron chi connectivity index (χ3n) is 3.49. The van der Waals surface area contributed by atoms with Crippen LogP contribution < -0.4 is 10.1 Å². The van der Waals surface area contributed by atoms with E-state index in [1.807, 2.05) is 24.3 Å². The van der Waals surface area contributed by atoms with Gasteiger partial charge < -0.3 is 15.0 Å². The molecule has 0 bridgehead atoms. The average Bonchev–Trinajstić information content (AvgIpc) is 2.97. The lowest BCUT2D eigenvalue weighted by Crippen LogP contribution is -2.26. The highest BCUT2D eigenvalue weighted by atomic mass is 19.1. The fourth-order valence-corrected chi connectivity index (χ4v) is 2.37. The molecule has 0 fully saturated rings. The molecule has 3 aromatic rings. The topological polar surface area (TPSA) is 67.0 Å². The van der Waals surface area contributed by atoms with Gasteiger partial charge in [0.2, 0.25) is 0 Å². The number of imidazole rings is 1. The number of fused-ring (bicyclic) bond motifs is 1. The summed E-state index contributed by atoms with van der Waals surface area (Å²) in [7, 11) is 1.44. The van der Waals surface area contributed by atoms with E-state index in [9.17, 15) is 9.18 Å². The van der Waals surface area contributed by atoms with Crippen molar-refractivity contribution in [3.63, 3.8) is 0 Å². The summed E-state index contributed by atoms with van der Waals surface area (Å²) in [6.07, 6.45) is 0.554. The number of carbonyl (C=O) groups excluding carboxylic acids is 1. The van der Waals surface area contributed by atoms with Gasteiger partial charge in [-0.05, 0) is 30.3 Å². The summed E-state index contributed by atoms with van der Waals surface area (Å²) in [5, 5.41) is 2.75.